The van der Waals surface area contributed by atoms with Crippen molar-refractivity contribution in [2.24, 2.45) is 39.8 Å². The number of carboxylic acids is 1. The third kappa shape index (κ3) is 23.2. The molecule has 2 aromatic carbocycles. The third-order valence-electron chi connectivity index (χ3n) is 13.6. The maximum atomic E-state index is 14.5. The molecule has 0 spiro atoms. The number of fused-ring (bicyclic) bond motifs is 1. The fourth-order valence-corrected chi connectivity index (χ4v) is 8.66. The van der Waals surface area contributed by atoms with Crippen molar-refractivity contribution in [2.45, 2.75) is 166 Å². The van der Waals surface area contributed by atoms with Crippen molar-refractivity contribution in [2.75, 3.05) is 19.6 Å². The Labute approximate surface area is 487 Å². The number of aliphatic imine (C=N–C) groups is 1. The first-order chi connectivity index (χ1) is 39.7. The molecule has 1 aromatic heterocycles. The average molecular weight is 1180 g/mol. The number of rotatable bonds is 36. The molecular weight excluding hydrogens is 1090 g/mol. The van der Waals surface area contributed by atoms with Crippen molar-refractivity contribution in [1.82, 2.24) is 57.8 Å². The monoisotopic (exact) mass is 1180 g/mol. The minimum Gasteiger partial charge on any atom is -0.480 e. The number of aromatic nitrogens is 2. The number of carbonyl (C=O) groups is 10. The number of amides is 9. The number of carboxylic acid groups (broad SMARTS) is 1. The molecule has 29 heteroatoms. The number of benzene rings is 2. The van der Waals surface area contributed by atoms with Crippen LogP contribution in [-0.2, 0) is 60.8 Å². The van der Waals surface area contributed by atoms with Crippen molar-refractivity contribution < 1.29 is 63.3 Å². The minimum atomic E-state index is -1.85. The second-order valence-corrected chi connectivity index (χ2v) is 21.2. The highest BCUT2D eigenvalue weighted by Crippen LogP contribution is 2.21. The zero-order valence-electron chi connectivity index (χ0n) is 48.6. The molecule has 464 valence electrons. The molecule has 9 amide bonds. The highest BCUT2D eigenvalue weighted by Gasteiger charge is 2.37. The van der Waals surface area contributed by atoms with Crippen molar-refractivity contribution >= 4 is 75.9 Å². The number of nitrogens with one attached hydrogen (secondary N) is 10. The van der Waals surface area contributed by atoms with Gasteiger partial charge in [0, 0.05) is 31.3 Å². The summed E-state index contributed by atoms with van der Waals surface area (Å²) in [6.07, 6.45) is 0.298. The molecule has 0 bridgehead atoms. The van der Waals surface area contributed by atoms with Gasteiger partial charge in [-0.2, -0.15) is 0 Å². The standard InChI is InChI=1S/C55H86N16O13/c1-8-29(4)43(52(81)68-41(54(83)84)22-28(2)3)69-48(77)38(19-12-20-56)65-42(74)26-62-51(80)44(31(6)72)71-53(82)45(32(7)73)70-50(79)40(24-35-25-60-27-63-35)67-49(78)39(23-34-16-11-15-33-14-9-10-17-36(33)34)66-46(75)30(5)64-47(76)37(57)18-13-21-61-55(58)59/h9-11,14-17,25,27-32,37-41,43-45,72-73H,8,12-13,18-24,26,56-57H2,1-7H3,(H,60,63)(H,62,80)(H,64,76)(H,65,74)(H,66,75)(H,67,78)(H,68,81)(H,69,77)(H,70,79)(H,71,82)(H,83,84)(H4,58,59,61)/t29?,30-,31+,32+,37-,38-,39-,40-,41+,43-,44-,45-/m0/s1. The number of nitrogens with two attached hydrogens (primary N) is 4. The molecule has 29 nitrogen and oxygen atoms in total. The van der Waals surface area contributed by atoms with E-state index in [9.17, 15) is 63.3 Å². The van der Waals surface area contributed by atoms with Crippen molar-refractivity contribution in [1.29, 1.82) is 0 Å². The first kappa shape index (κ1) is 70.0. The fraction of sp³-hybridized carbons (Fsp3) is 0.564. The summed E-state index contributed by atoms with van der Waals surface area (Å²) in [6.45, 7) is 10.3. The summed E-state index contributed by atoms with van der Waals surface area (Å²) < 4.78 is 0. The predicted octanol–water partition coefficient (Wildman–Crippen LogP) is -3.58. The van der Waals surface area contributed by atoms with Crippen molar-refractivity contribution in [3.8, 4) is 0 Å². The Morgan fingerprint density at radius 3 is 1.81 bits per heavy atom. The summed E-state index contributed by atoms with van der Waals surface area (Å²) in [7, 11) is 0. The molecule has 1 unspecified atom stereocenters. The Bertz CT molecular complexity index is 2720. The molecule has 0 aliphatic rings. The second-order valence-electron chi connectivity index (χ2n) is 21.2. The number of hydrogen-bond acceptors (Lipinski definition) is 16. The lowest BCUT2D eigenvalue weighted by Crippen LogP contribution is -2.63. The summed E-state index contributed by atoms with van der Waals surface area (Å²) in [5, 5.41) is 55.4. The van der Waals surface area contributed by atoms with Gasteiger partial charge in [0.2, 0.25) is 53.2 Å². The molecule has 84 heavy (non-hydrogen) atoms. The van der Waals surface area contributed by atoms with E-state index in [-0.39, 0.29) is 63.5 Å². The Morgan fingerprint density at radius 2 is 1.20 bits per heavy atom. The van der Waals surface area contributed by atoms with Crippen molar-refractivity contribution in [3.63, 3.8) is 0 Å². The van der Waals surface area contributed by atoms with Crippen LogP contribution in [0.1, 0.15) is 98.2 Å². The SMILES string of the molecule is CCC(C)[C@H](NC(=O)[C@H](CCCN)NC(=O)CNC(=O)[C@@H](NC(=O)[C@@H](NC(=O)[C@H](Cc1cnc[nH]1)NC(=O)[C@H](Cc1cccc2ccccc12)NC(=O)[C@H](C)NC(=O)[C@@H](N)CCCN=C(N)N)[C@@H](C)O)[C@@H](C)O)C(=O)N[C@H](CC(C)C)C(=O)O. The van der Waals surface area contributed by atoms with E-state index in [1.807, 2.05) is 24.3 Å². The van der Waals surface area contributed by atoms with E-state index in [1.165, 1.54) is 19.4 Å². The first-order valence-electron chi connectivity index (χ1n) is 27.9. The zero-order chi connectivity index (χ0) is 62.8. The maximum Gasteiger partial charge on any atom is 0.326 e. The topological polar surface area (TPSA) is 485 Å². The van der Waals surface area contributed by atoms with Crippen molar-refractivity contribution in [3.05, 3.63) is 66.2 Å². The molecule has 0 saturated carbocycles. The molecule has 0 saturated heterocycles. The van der Waals surface area contributed by atoms with E-state index < -0.39 is 138 Å². The van der Waals surface area contributed by atoms with Crippen LogP contribution in [0.3, 0.4) is 0 Å². The smallest absolute Gasteiger partial charge is 0.326 e. The third-order valence-corrected chi connectivity index (χ3v) is 13.6. The van der Waals surface area contributed by atoms with Crippen LogP contribution < -0.4 is 70.8 Å². The number of aliphatic hydroxyl groups excluding tert-OH is 2. The molecule has 0 aliphatic heterocycles. The van der Waals surface area contributed by atoms with E-state index in [4.69, 9.17) is 22.9 Å². The van der Waals surface area contributed by atoms with Gasteiger partial charge in [0.25, 0.3) is 0 Å². The van der Waals surface area contributed by atoms with Crippen LogP contribution in [0.15, 0.2) is 60.0 Å². The van der Waals surface area contributed by atoms with Crippen LogP contribution in [0.4, 0.5) is 0 Å². The van der Waals surface area contributed by atoms with E-state index >= 15 is 0 Å². The summed E-state index contributed by atoms with van der Waals surface area (Å²) in [5.41, 5.74) is 23.5. The summed E-state index contributed by atoms with van der Waals surface area (Å²) in [5.74, 6) is -9.99. The van der Waals surface area contributed by atoms with Crippen LogP contribution in [0.25, 0.3) is 10.8 Å². The first-order valence-corrected chi connectivity index (χ1v) is 27.9. The zero-order valence-corrected chi connectivity index (χ0v) is 48.6. The molecule has 3 rings (SSSR count). The Hall–Kier alpha value is -8.28. The Balaban J connectivity index is 1.81. The van der Waals surface area contributed by atoms with Gasteiger partial charge >= 0.3 is 5.97 Å². The summed E-state index contributed by atoms with van der Waals surface area (Å²) >= 11 is 0. The van der Waals surface area contributed by atoms with Gasteiger partial charge in [-0.3, -0.25) is 48.1 Å². The van der Waals surface area contributed by atoms with Gasteiger partial charge in [-0.1, -0.05) is 76.6 Å². The Morgan fingerprint density at radius 1 is 0.631 bits per heavy atom. The maximum absolute atomic E-state index is 14.5. The number of aromatic amines is 1. The number of hydrogen-bond donors (Lipinski definition) is 17. The van der Waals surface area contributed by atoms with Gasteiger partial charge < -0.3 is 91.1 Å². The van der Waals surface area contributed by atoms with Gasteiger partial charge in [0.15, 0.2) is 5.96 Å². The van der Waals surface area contributed by atoms with Crippen LogP contribution in [0.2, 0.25) is 0 Å². The minimum absolute atomic E-state index is 0.00270. The number of imidazole rings is 1. The number of aliphatic carboxylic acids is 1. The average Bonchev–Trinajstić information content (AvgIpc) is 3.94. The van der Waals surface area contributed by atoms with Gasteiger partial charge in [0.1, 0.15) is 48.3 Å². The Kier molecular flexibility index (Phi) is 29.2. The quantitative estimate of drug-likeness (QED) is 0.0152. The highest BCUT2D eigenvalue weighted by atomic mass is 16.4. The van der Waals surface area contributed by atoms with Crippen LogP contribution in [0.5, 0.6) is 0 Å². The van der Waals surface area contributed by atoms with E-state index in [1.54, 1.807) is 45.9 Å². The number of H-pyrrole nitrogens is 1. The van der Waals surface area contributed by atoms with Crippen LogP contribution in [0, 0.1) is 11.8 Å². The number of aliphatic hydroxyl groups is 2. The number of carbonyl (C=O) groups excluding carboxylic acids is 9. The molecule has 0 radical (unpaired) electrons. The summed E-state index contributed by atoms with van der Waals surface area (Å²) in [4.78, 5) is 146. The normalized spacial score (nSPS) is 15.5. The van der Waals surface area contributed by atoms with Gasteiger partial charge in [-0.05, 0) is 87.6 Å². The lowest BCUT2D eigenvalue weighted by Gasteiger charge is -2.29. The van der Waals surface area contributed by atoms with E-state index in [2.05, 4.69) is 62.8 Å². The highest BCUT2D eigenvalue weighted by molar-refractivity contribution is 5.99. The van der Waals surface area contributed by atoms with Gasteiger partial charge in [0.05, 0.1) is 31.1 Å². The van der Waals surface area contributed by atoms with Crippen LogP contribution in [-0.4, -0.2) is 177 Å². The van der Waals surface area contributed by atoms with Crippen LogP contribution >= 0.6 is 0 Å². The van der Waals surface area contributed by atoms with E-state index in [0.717, 1.165) is 24.6 Å². The summed E-state index contributed by atoms with van der Waals surface area (Å²) in [6, 6.07) is 0.137. The number of nitrogens with zero attached hydrogens (tertiary/aromatic N) is 2. The molecule has 0 aliphatic carbocycles. The largest absolute Gasteiger partial charge is 0.480 e. The van der Waals surface area contributed by atoms with E-state index in [0.29, 0.717) is 24.1 Å². The molecular formula is C55H86N16O13. The molecule has 12 atom stereocenters. The second kappa shape index (κ2) is 35.0. The van der Waals surface area contributed by atoms with Gasteiger partial charge in [-0.15, -0.1) is 0 Å². The molecule has 1 heterocycles. The number of guanidine groups is 1. The molecule has 3 aromatic rings. The molecule has 21 N–H and O–H groups in total. The molecule has 0 fully saturated rings. The lowest BCUT2D eigenvalue weighted by molar-refractivity contribution is -0.143. The fourth-order valence-electron chi connectivity index (χ4n) is 8.66. The lowest BCUT2D eigenvalue weighted by atomic mass is 9.96. The van der Waals surface area contributed by atoms with Gasteiger partial charge in [-0.25, -0.2) is 9.78 Å². The predicted molar refractivity (Wildman–Crippen MR) is 310 cm³/mol.